The van der Waals surface area contributed by atoms with Crippen molar-refractivity contribution < 1.29 is 8.42 Å². The quantitative estimate of drug-likeness (QED) is 0.745. The highest BCUT2D eigenvalue weighted by atomic mass is 32.2. The average molecular weight is 371 g/mol. The van der Waals surface area contributed by atoms with Crippen LogP contribution in [0.5, 0.6) is 0 Å². The Kier molecular flexibility index (Phi) is 4.88. The Balaban J connectivity index is 2.00. The highest BCUT2D eigenvalue weighted by Crippen LogP contribution is 2.23. The molecule has 0 atom stereocenters. The van der Waals surface area contributed by atoms with E-state index in [-0.39, 0.29) is 10.9 Å². The van der Waals surface area contributed by atoms with Crippen molar-refractivity contribution in [2.45, 2.75) is 38.6 Å². The number of nitrogens with zero attached hydrogens (tertiary/aromatic N) is 4. The van der Waals surface area contributed by atoms with Gasteiger partial charge in [-0.1, -0.05) is 30.3 Å². The fraction of sp³-hybridized carbons (Fsp3) is 0.278. The Labute approximate surface area is 153 Å². The molecular formula is C18H21N5O2S. The van der Waals surface area contributed by atoms with Gasteiger partial charge in [-0.15, -0.1) is 10.2 Å². The summed E-state index contributed by atoms with van der Waals surface area (Å²) in [5, 5.41) is 12.8. The number of rotatable bonds is 5. The van der Waals surface area contributed by atoms with E-state index in [9.17, 15) is 8.42 Å². The maximum absolute atomic E-state index is 12.6. The van der Waals surface area contributed by atoms with E-state index >= 15 is 0 Å². The van der Waals surface area contributed by atoms with Gasteiger partial charge in [0.05, 0.1) is 17.1 Å². The number of nitrogens with one attached hydrogen (secondary N) is 1. The number of aromatic nitrogens is 4. The van der Waals surface area contributed by atoms with Crippen LogP contribution < -0.4 is 4.72 Å². The van der Waals surface area contributed by atoms with Crippen LogP contribution >= 0.6 is 0 Å². The van der Waals surface area contributed by atoms with Gasteiger partial charge >= 0.3 is 0 Å². The molecule has 1 aromatic carbocycles. The number of benzene rings is 1. The van der Waals surface area contributed by atoms with Crippen LogP contribution in [0, 0.1) is 13.8 Å². The van der Waals surface area contributed by atoms with Crippen LogP contribution in [-0.2, 0) is 10.0 Å². The summed E-state index contributed by atoms with van der Waals surface area (Å²) in [4.78, 5) is 0.181. The first-order chi connectivity index (χ1) is 12.3. The second-order valence-electron chi connectivity index (χ2n) is 6.33. The Hall–Kier alpha value is -2.58. The first-order valence-corrected chi connectivity index (χ1v) is 9.76. The van der Waals surface area contributed by atoms with Crippen LogP contribution in [0.1, 0.15) is 25.2 Å². The van der Waals surface area contributed by atoms with Crippen molar-refractivity contribution in [2.24, 2.45) is 0 Å². The molecule has 136 valence electrons. The van der Waals surface area contributed by atoms with Gasteiger partial charge in [0.2, 0.25) is 10.0 Å². The van der Waals surface area contributed by atoms with Gasteiger partial charge in [0.1, 0.15) is 4.90 Å². The standard InChI is InChI=1S/C18H21N5O2S/c1-12(2)22-26(24,25)18-13(3)21-23(14(18)4)17-11-10-16(19-20-17)15-8-6-5-7-9-15/h5-12,22H,1-4H3. The maximum atomic E-state index is 12.6. The second kappa shape index (κ2) is 6.97. The van der Waals surface area contributed by atoms with Crippen LogP contribution in [-0.4, -0.2) is 34.4 Å². The molecule has 0 saturated heterocycles. The topological polar surface area (TPSA) is 89.8 Å². The molecule has 0 spiro atoms. The Morgan fingerprint density at radius 3 is 2.27 bits per heavy atom. The van der Waals surface area contributed by atoms with Crippen molar-refractivity contribution in [3.8, 4) is 17.1 Å². The molecule has 1 N–H and O–H groups in total. The molecule has 8 heteroatoms. The molecule has 0 bridgehead atoms. The number of hydrogen-bond acceptors (Lipinski definition) is 5. The van der Waals surface area contributed by atoms with Gasteiger partial charge in [-0.2, -0.15) is 5.10 Å². The average Bonchev–Trinajstić information content (AvgIpc) is 2.90. The van der Waals surface area contributed by atoms with Crippen molar-refractivity contribution in [1.29, 1.82) is 0 Å². The van der Waals surface area contributed by atoms with E-state index in [1.54, 1.807) is 33.8 Å². The zero-order valence-corrected chi connectivity index (χ0v) is 15.9. The number of aryl methyl sites for hydroxylation is 1. The SMILES string of the molecule is Cc1nn(-c2ccc(-c3ccccc3)nn2)c(C)c1S(=O)(=O)NC(C)C. The predicted molar refractivity (Wildman–Crippen MR) is 99.5 cm³/mol. The highest BCUT2D eigenvalue weighted by Gasteiger charge is 2.26. The number of sulfonamides is 1. The van der Waals surface area contributed by atoms with Crippen LogP contribution in [0.15, 0.2) is 47.4 Å². The zero-order chi connectivity index (χ0) is 18.9. The van der Waals surface area contributed by atoms with Crippen molar-refractivity contribution >= 4 is 10.0 Å². The Morgan fingerprint density at radius 1 is 1.00 bits per heavy atom. The Morgan fingerprint density at radius 2 is 1.69 bits per heavy atom. The summed E-state index contributed by atoms with van der Waals surface area (Å²) < 4.78 is 29.2. The Bertz CT molecular complexity index is 1010. The minimum atomic E-state index is -3.64. The van der Waals surface area contributed by atoms with Gasteiger partial charge in [0.25, 0.3) is 0 Å². The molecule has 0 aliphatic rings. The maximum Gasteiger partial charge on any atom is 0.244 e. The fourth-order valence-corrected chi connectivity index (χ4v) is 4.45. The molecule has 2 heterocycles. The van der Waals surface area contributed by atoms with E-state index in [1.165, 1.54) is 4.68 Å². The van der Waals surface area contributed by atoms with Crippen molar-refractivity contribution in [3.63, 3.8) is 0 Å². The second-order valence-corrected chi connectivity index (χ2v) is 7.98. The van der Waals surface area contributed by atoms with E-state index < -0.39 is 10.0 Å². The molecule has 0 saturated carbocycles. The van der Waals surface area contributed by atoms with Crippen molar-refractivity contribution in [3.05, 3.63) is 53.9 Å². The summed E-state index contributed by atoms with van der Waals surface area (Å²) in [5.74, 6) is 0.469. The van der Waals surface area contributed by atoms with Gasteiger partial charge in [-0.25, -0.2) is 17.8 Å². The molecule has 0 amide bonds. The smallest absolute Gasteiger partial charge is 0.216 e. The molecule has 7 nitrogen and oxygen atoms in total. The first kappa shape index (κ1) is 18.2. The largest absolute Gasteiger partial charge is 0.244 e. The summed E-state index contributed by atoms with van der Waals surface area (Å²) in [6.45, 7) is 6.94. The molecule has 2 aromatic heterocycles. The van der Waals surface area contributed by atoms with Gasteiger partial charge in [0, 0.05) is 11.6 Å². The molecule has 0 radical (unpaired) electrons. The van der Waals surface area contributed by atoms with Crippen LogP contribution in [0.4, 0.5) is 0 Å². The fourth-order valence-electron chi connectivity index (χ4n) is 2.81. The minimum Gasteiger partial charge on any atom is -0.216 e. The van der Waals surface area contributed by atoms with E-state index in [2.05, 4.69) is 20.0 Å². The molecule has 0 aliphatic carbocycles. The highest BCUT2D eigenvalue weighted by molar-refractivity contribution is 7.89. The predicted octanol–water partition coefficient (Wildman–Crippen LogP) is 2.63. The lowest BCUT2D eigenvalue weighted by Gasteiger charge is -2.10. The first-order valence-electron chi connectivity index (χ1n) is 8.27. The summed E-state index contributed by atoms with van der Waals surface area (Å²) in [6.07, 6.45) is 0. The lowest BCUT2D eigenvalue weighted by molar-refractivity contribution is 0.568. The molecule has 3 aromatic rings. The van der Waals surface area contributed by atoms with Crippen molar-refractivity contribution in [2.75, 3.05) is 0 Å². The zero-order valence-electron chi connectivity index (χ0n) is 15.1. The lowest BCUT2D eigenvalue weighted by Crippen LogP contribution is -2.31. The van der Waals surface area contributed by atoms with Crippen molar-refractivity contribution in [1.82, 2.24) is 24.7 Å². The van der Waals surface area contributed by atoms with Crippen LogP contribution in [0.2, 0.25) is 0 Å². The van der Waals surface area contributed by atoms with E-state index in [4.69, 9.17) is 0 Å². The third-order valence-electron chi connectivity index (χ3n) is 3.82. The summed E-state index contributed by atoms with van der Waals surface area (Å²) >= 11 is 0. The lowest BCUT2D eigenvalue weighted by atomic mass is 10.1. The van der Waals surface area contributed by atoms with E-state index in [0.717, 1.165) is 11.3 Å². The molecular weight excluding hydrogens is 350 g/mol. The summed E-state index contributed by atoms with van der Waals surface area (Å²) in [7, 11) is -3.64. The monoisotopic (exact) mass is 371 g/mol. The molecule has 0 aliphatic heterocycles. The van der Waals surface area contributed by atoms with Crippen LogP contribution in [0.25, 0.3) is 17.1 Å². The minimum absolute atomic E-state index is 0.181. The summed E-state index contributed by atoms with van der Waals surface area (Å²) in [5.41, 5.74) is 2.62. The van der Waals surface area contributed by atoms with E-state index in [0.29, 0.717) is 17.2 Å². The molecule has 26 heavy (non-hydrogen) atoms. The van der Waals surface area contributed by atoms with Gasteiger partial charge < -0.3 is 0 Å². The van der Waals surface area contributed by atoms with E-state index in [1.807, 2.05) is 36.4 Å². The molecule has 0 fully saturated rings. The molecule has 0 unspecified atom stereocenters. The van der Waals surface area contributed by atoms with Crippen LogP contribution in [0.3, 0.4) is 0 Å². The summed E-state index contributed by atoms with van der Waals surface area (Å²) in [6, 6.07) is 13.1. The van der Waals surface area contributed by atoms with Gasteiger partial charge in [-0.05, 0) is 39.8 Å². The third-order valence-corrected chi connectivity index (χ3v) is 5.73. The van der Waals surface area contributed by atoms with Gasteiger partial charge in [0.15, 0.2) is 5.82 Å². The third kappa shape index (κ3) is 3.51. The molecule has 3 rings (SSSR count). The number of hydrogen-bond donors (Lipinski definition) is 1. The van der Waals surface area contributed by atoms with Gasteiger partial charge in [-0.3, -0.25) is 0 Å². The normalized spacial score (nSPS) is 11.9.